The largest absolute Gasteiger partial charge is 0.344 e. The van der Waals surface area contributed by atoms with Gasteiger partial charge in [0.05, 0.1) is 11.7 Å². The predicted molar refractivity (Wildman–Crippen MR) is 85.0 cm³/mol. The molecule has 0 fully saturated rings. The molecule has 0 saturated heterocycles. The van der Waals surface area contributed by atoms with Gasteiger partial charge in [-0.25, -0.2) is 14.6 Å². The van der Waals surface area contributed by atoms with Crippen molar-refractivity contribution in [3.63, 3.8) is 0 Å². The van der Waals surface area contributed by atoms with Crippen molar-refractivity contribution in [2.24, 2.45) is 0 Å². The summed E-state index contributed by atoms with van der Waals surface area (Å²) in [4.78, 5) is 11.8. The number of hydrogen-bond acceptors (Lipinski definition) is 5. The molecule has 0 amide bonds. The van der Waals surface area contributed by atoms with E-state index in [1.165, 1.54) is 16.8 Å². The van der Waals surface area contributed by atoms with Crippen LogP contribution in [0.3, 0.4) is 0 Å². The van der Waals surface area contributed by atoms with E-state index < -0.39 is 0 Å². The Morgan fingerprint density at radius 2 is 2.00 bits per heavy atom. The third kappa shape index (κ3) is 2.80. The molecule has 6 heteroatoms. The molecule has 2 heterocycles. The van der Waals surface area contributed by atoms with Crippen LogP contribution in [-0.2, 0) is 0 Å². The van der Waals surface area contributed by atoms with Crippen LogP contribution in [0.5, 0.6) is 0 Å². The van der Waals surface area contributed by atoms with Gasteiger partial charge in [-0.3, -0.25) is 0 Å². The number of anilines is 1. The molecule has 2 aromatic heterocycles. The number of aromatic nitrogens is 4. The van der Waals surface area contributed by atoms with E-state index in [2.05, 4.69) is 65.1 Å². The SMILES string of the molecule is Cc1cnc(N(C)C(C)c2ccc(-n3cncn3)cc2)s1. The van der Waals surface area contributed by atoms with Gasteiger partial charge >= 0.3 is 0 Å². The van der Waals surface area contributed by atoms with Gasteiger partial charge < -0.3 is 4.90 Å². The lowest BCUT2D eigenvalue weighted by molar-refractivity contribution is 0.736. The molecule has 0 spiro atoms. The Morgan fingerprint density at radius 3 is 2.57 bits per heavy atom. The molecule has 21 heavy (non-hydrogen) atoms. The number of hydrogen-bond donors (Lipinski definition) is 0. The maximum absolute atomic E-state index is 4.44. The van der Waals surface area contributed by atoms with Crippen molar-refractivity contribution >= 4 is 16.5 Å². The molecule has 0 saturated carbocycles. The summed E-state index contributed by atoms with van der Waals surface area (Å²) in [6, 6.07) is 8.63. The summed E-state index contributed by atoms with van der Waals surface area (Å²) in [7, 11) is 2.08. The number of aryl methyl sites for hydroxylation is 1. The minimum absolute atomic E-state index is 0.264. The van der Waals surface area contributed by atoms with E-state index in [1.807, 2.05) is 6.20 Å². The molecule has 5 nitrogen and oxygen atoms in total. The summed E-state index contributed by atoms with van der Waals surface area (Å²) < 4.78 is 1.75. The van der Waals surface area contributed by atoms with Crippen molar-refractivity contribution in [1.82, 2.24) is 19.7 Å². The van der Waals surface area contributed by atoms with Gasteiger partial charge in [-0.1, -0.05) is 12.1 Å². The fourth-order valence-electron chi connectivity index (χ4n) is 2.14. The summed E-state index contributed by atoms with van der Waals surface area (Å²) >= 11 is 1.71. The number of nitrogens with zero attached hydrogens (tertiary/aromatic N) is 5. The van der Waals surface area contributed by atoms with Crippen molar-refractivity contribution < 1.29 is 0 Å². The molecule has 1 atom stereocenters. The lowest BCUT2D eigenvalue weighted by Gasteiger charge is -2.24. The molecule has 1 aromatic carbocycles. The van der Waals surface area contributed by atoms with Crippen LogP contribution in [0.4, 0.5) is 5.13 Å². The van der Waals surface area contributed by atoms with Crippen LogP contribution in [-0.4, -0.2) is 26.8 Å². The van der Waals surface area contributed by atoms with E-state index >= 15 is 0 Å². The molecule has 0 radical (unpaired) electrons. The highest BCUT2D eigenvalue weighted by Gasteiger charge is 2.15. The van der Waals surface area contributed by atoms with Crippen molar-refractivity contribution in [3.05, 3.63) is 53.6 Å². The van der Waals surface area contributed by atoms with Gasteiger partial charge in [-0.2, -0.15) is 5.10 Å². The van der Waals surface area contributed by atoms with E-state index in [9.17, 15) is 0 Å². The smallest absolute Gasteiger partial charge is 0.185 e. The molecule has 3 aromatic rings. The fourth-order valence-corrected chi connectivity index (χ4v) is 2.94. The van der Waals surface area contributed by atoms with Crippen LogP contribution in [0.1, 0.15) is 23.4 Å². The van der Waals surface area contributed by atoms with Crippen LogP contribution in [0.15, 0.2) is 43.1 Å². The molecule has 0 aliphatic carbocycles. The van der Waals surface area contributed by atoms with Crippen molar-refractivity contribution in [3.8, 4) is 5.69 Å². The molecule has 0 bridgehead atoms. The Hall–Kier alpha value is -2.21. The van der Waals surface area contributed by atoms with Crippen molar-refractivity contribution in [2.45, 2.75) is 19.9 Å². The topological polar surface area (TPSA) is 46.8 Å². The monoisotopic (exact) mass is 299 g/mol. The van der Waals surface area contributed by atoms with Crippen molar-refractivity contribution in [1.29, 1.82) is 0 Å². The molecule has 0 N–H and O–H groups in total. The summed E-state index contributed by atoms with van der Waals surface area (Å²) in [5.74, 6) is 0. The fraction of sp³-hybridized carbons (Fsp3) is 0.267. The summed E-state index contributed by atoms with van der Waals surface area (Å²) in [6.07, 6.45) is 5.15. The van der Waals surface area contributed by atoms with E-state index in [0.717, 1.165) is 10.8 Å². The Bertz CT molecular complexity index is 702. The van der Waals surface area contributed by atoms with Crippen LogP contribution in [0.25, 0.3) is 5.69 Å². The quantitative estimate of drug-likeness (QED) is 0.742. The highest BCUT2D eigenvalue weighted by Crippen LogP contribution is 2.28. The highest BCUT2D eigenvalue weighted by molar-refractivity contribution is 7.15. The van der Waals surface area contributed by atoms with Crippen molar-refractivity contribution in [2.75, 3.05) is 11.9 Å². The zero-order chi connectivity index (χ0) is 14.8. The average Bonchev–Trinajstić information content (AvgIpc) is 3.17. The molecular weight excluding hydrogens is 282 g/mol. The first-order valence-electron chi connectivity index (χ1n) is 6.75. The van der Waals surface area contributed by atoms with Crippen LogP contribution in [0, 0.1) is 6.92 Å². The second-order valence-corrected chi connectivity index (χ2v) is 6.19. The molecule has 0 aliphatic rings. The Morgan fingerprint density at radius 1 is 1.24 bits per heavy atom. The van der Waals surface area contributed by atoms with E-state index in [-0.39, 0.29) is 6.04 Å². The minimum Gasteiger partial charge on any atom is -0.344 e. The predicted octanol–water partition coefficient (Wildman–Crippen LogP) is 3.23. The first kappa shape index (κ1) is 13.8. The minimum atomic E-state index is 0.264. The molecule has 1 unspecified atom stereocenters. The second kappa shape index (κ2) is 5.65. The standard InChI is InChI=1S/C15H17N5S/c1-11-8-17-15(21-11)19(3)12(2)13-4-6-14(7-5-13)20-10-16-9-18-20/h4-10,12H,1-3H3. The van der Waals surface area contributed by atoms with E-state index in [4.69, 9.17) is 0 Å². The normalized spacial score (nSPS) is 12.3. The maximum atomic E-state index is 4.44. The first-order chi connectivity index (χ1) is 10.1. The van der Waals surface area contributed by atoms with Gasteiger partial charge in [0.1, 0.15) is 12.7 Å². The summed E-state index contributed by atoms with van der Waals surface area (Å²) in [5.41, 5.74) is 2.26. The lowest BCUT2D eigenvalue weighted by atomic mass is 10.1. The summed E-state index contributed by atoms with van der Waals surface area (Å²) in [5, 5.41) is 5.18. The Labute approximate surface area is 127 Å². The molecule has 108 valence electrons. The first-order valence-corrected chi connectivity index (χ1v) is 7.57. The van der Waals surface area contributed by atoms with Gasteiger partial charge in [0.25, 0.3) is 0 Å². The molecular formula is C15H17N5S. The van der Waals surface area contributed by atoms with Gasteiger partial charge in [0.2, 0.25) is 0 Å². The second-order valence-electron chi connectivity index (χ2n) is 4.97. The van der Waals surface area contributed by atoms with Gasteiger partial charge in [-0.05, 0) is 31.5 Å². The summed E-state index contributed by atoms with van der Waals surface area (Å²) in [6.45, 7) is 4.26. The number of benzene rings is 1. The third-order valence-electron chi connectivity index (χ3n) is 3.55. The van der Waals surface area contributed by atoms with Gasteiger partial charge in [0.15, 0.2) is 5.13 Å². The number of thiazole rings is 1. The average molecular weight is 299 g/mol. The lowest BCUT2D eigenvalue weighted by Crippen LogP contribution is -2.21. The Kier molecular flexibility index (Phi) is 3.70. The Balaban J connectivity index is 1.80. The van der Waals surface area contributed by atoms with E-state index in [0.29, 0.717) is 0 Å². The van der Waals surface area contributed by atoms with E-state index in [1.54, 1.807) is 22.3 Å². The molecule has 0 aliphatic heterocycles. The zero-order valence-electron chi connectivity index (χ0n) is 12.3. The van der Waals surface area contributed by atoms with Gasteiger partial charge in [0, 0.05) is 18.1 Å². The van der Waals surface area contributed by atoms with Crippen LogP contribution in [0.2, 0.25) is 0 Å². The molecule has 3 rings (SSSR count). The zero-order valence-corrected chi connectivity index (χ0v) is 13.1. The third-order valence-corrected chi connectivity index (χ3v) is 4.55. The maximum Gasteiger partial charge on any atom is 0.185 e. The number of rotatable bonds is 4. The van der Waals surface area contributed by atoms with Crippen LogP contribution >= 0.6 is 11.3 Å². The van der Waals surface area contributed by atoms with Crippen LogP contribution < -0.4 is 4.90 Å². The highest BCUT2D eigenvalue weighted by atomic mass is 32.1. The van der Waals surface area contributed by atoms with Gasteiger partial charge in [-0.15, -0.1) is 11.3 Å².